The van der Waals surface area contributed by atoms with Crippen LogP contribution in [0.4, 0.5) is 13.2 Å². The molecule has 4 aliphatic rings. The summed E-state index contributed by atoms with van der Waals surface area (Å²) in [5.41, 5.74) is -0.641. The molecule has 2 N–H and O–H groups in total. The molecule has 4 aliphatic carbocycles. The highest BCUT2D eigenvalue weighted by molar-refractivity contribution is 5.25. The Bertz CT molecular complexity index is 684. The van der Waals surface area contributed by atoms with Crippen LogP contribution in [0.5, 0.6) is 0 Å². The Balaban J connectivity index is 1.44. The monoisotopic (exact) mass is 428 g/mol. The van der Waals surface area contributed by atoms with E-state index in [2.05, 4.69) is 19.9 Å². The number of alkyl halides is 3. The van der Waals surface area contributed by atoms with E-state index in [0.717, 1.165) is 45.4 Å². The fourth-order valence-corrected chi connectivity index (χ4v) is 8.06. The van der Waals surface area contributed by atoms with Gasteiger partial charge in [-0.3, -0.25) is 0 Å². The molecule has 0 amide bonds. The number of hydrogen-bond acceptors (Lipinski definition) is 2. The zero-order chi connectivity index (χ0) is 21.9. The van der Waals surface area contributed by atoms with E-state index >= 15 is 0 Å². The van der Waals surface area contributed by atoms with Crippen LogP contribution >= 0.6 is 0 Å². The Morgan fingerprint density at radius 3 is 2.50 bits per heavy atom. The molecule has 0 aliphatic heterocycles. The van der Waals surface area contributed by atoms with E-state index in [1.807, 2.05) is 0 Å². The third-order valence-corrected chi connectivity index (χ3v) is 10.1. The third-order valence-electron chi connectivity index (χ3n) is 10.1. The summed E-state index contributed by atoms with van der Waals surface area (Å²) in [4.78, 5) is 0. The van der Waals surface area contributed by atoms with E-state index in [4.69, 9.17) is 0 Å². The van der Waals surface area contributed by atoms with E-state index in [-0.39, 0.29) is 23.4 Å². The number of hydrogen-bond donors (Lipinski definition) is 2. The van der Waals surface area contributed by atoms with Crippen molar-refractivity contribution in [3.63, 3.8) is 0 Å². The molecule has 0 aromatic heterocycles. The SMILES string of the molecule is CC12CCC(O)CC1=CCC1C2CCC2(C)C(CCCC(C)(O)C(F)(F)F)CCC12. The Hall–Kier alpha value is -0.550. The second-order valence-electron chi connectivity index (χ2n) is 11.6. The topological polar surface area (TPSA) is 40.5 Å². The number of aliphatic hydroxyl groups excluding tert-OH is 1. The second kappa shape index (κ2) is 7.50. The number of halogens is 3. The summed E-state index contributed by atoms with van der Waals surface area (Å²) < 4.78 is 39.0. The number of aliphatic hydroxyl groups is 2. The van der Waals surface area contributed by atoms with Crippen molar-refractivity contribution in [3.8, 4) is 0 Å². The lowest BCUT2D eigenvalue weighted by atomic mass is 9.47. The van der Waals surface area contributed by atoms with Gasteiger partial charge in [-0.15, -0.1) is 0 Å². The lowest BCUT2D eigenvalue weighted by Crippen LogP contribution is -2.50. The largest absolute Gasteiger partial charge is 0.416 e. The van der Waals surface area contributed by atoms with Crippen LogP contribution < -0.4 is 0 Å². The van der Waals surface area contributed by atoms with Crippen molar-refractivity contribution < 1.29 is 23.4 Å². The van der Waals surface area contributed by atoms with Gasteiger partial charge in [0, 0.05) is 0 Å². The first-order valence-corrected chi connectivity index (χ1v) is 12.1. The van der Waals surface area contributed by atoms with Gasteiger partial charge in [0.05, 0.1) is 6.10 Å². The summed E-state index contributed by atoms with van der Waals surface area (Å²) in [6, 6.07) is 0. The molecule has 8 atom stereocenters. The predicted molar refractivity (Wildman–Crippen MR) is 112 cm³/mol. The molecule has 0 heterocycles. The van der Waals surface area contributed by atoms with Crippen molar-refractivity contribution in [2.75, 3.05) is 0 Å². The van der Waals surface area contributed by atoms with Crippen molar-refractivity contribution in [2.45, 2.75) is 109 Å². The van der Waals surface area contributed by atoms with Crippen molar-refractivity contribution in [2.24, 2.45) is 34.5 Å². The first kappa shape index (κ1) is 22.6. The van der Waals surface area contributed by atoms with Gasteiger partial charge in [0.1, 0.15) is 0 Å². The number of fused-ring (bicyclic) bond motifs is 5. The molecule has 0 spiro atoms. The predicted octanol–water partition coefficient (Wildman–Crippen LogP) is 6.41. The fraction of sp³-hybridized carbons (Fsp3) is 0.920. The van der Waals surface area contributed by atoms with Crippen molar-refractivity contribution >= 4 is 0 Å². The van der Waals surface area contributed by atoms with E-state index in [9.17, 15) is 23.4 Å². The van der Waals surface area contributed by atoms with Gasteiger partial charge < -0.3 is 10.2 Å². The molecule has 172 valence electrons. The van der Waals surface area contributed by atoms with Crippen molar-refractivity contribution in [1.82, 2.24) is 0 Å². The first-order valence-electron chi connectivity index (χ1n) is 12.1. The molecular weight excluding hydrogens is 389 g/mol. The standard InChI is InChI=1S/C25H39F3O2/c1-22-14-11-21-19(8-6-17-15-18(29)10-13-23(17,21)2)20(22)9-7-16(22)5-4-12-24(3,30)25(26,27)28/h6,16,18-21,29-30H,4-5,7-15H2,1-3H3. The minimum Gasteiger partial charge on any atom is -0.393 e. The molecule has 2 nitrogen and oxygen atoms in total. The molecule has 5 heteroatoms. The lowest BCUT2D eigenvalue weighted by Gasteiger charge is -2.58. The van der Waals surface area contributed by atoms with Crippen LogP contribution in [-0.4, -0.2) is 28.1 Å². The Morgan fingerprint density at radius 2 is 1.80 bits per heavy atom. The quantitative estimate of drug-likeness (QED) is 0.508. The fourth-order valence-electron chi connectivity index (χ4n) is 8.06. The normalized spacial score (nSPS) is 45.7. The Morgan fingerprint density at radius 1 is 1.07 bits per heavy atom. The molecule has 0 bridgehead atoms. The van der Waals surface area contributed by atoms with E-state index < -0.39 is 11.8 Å². The van der Waals surface area contributed by atoms with Gasteiger partial charge in [-0.25, -0.2) is 0 Å². The number of allylic oxidation sites excluding steroid dienone is 1. The maximum absolute atomic E-state index is 13.0. The highest BCUT2D eigenvalue weighted by atomic mass is 19.4. The highest BCUT2D eigenvalue weighted by Crippen LogP contribution is 2.66. The van der Waals surface area contributed by atoms with Crippen LogP contribution in [0.3, 0.4) is 0 Å². The molecule has 8 unspecified atom stereocenters. The summed E-state index contributed by atoms with van der Waals surface area (Å²) >= 11 is 0. The molecule has 30 heavy (non-hydrogen) atoms. The van der Waals surface area contributed by atoms with Crippen LogP contribution in [0.2, 0.25) is 0 Å². The zero-order valence-corrected chi connectivity index (χ0v) is 18.8. The molecule has 0 aromatic carbocycles. The van der Waals surface area contributed by atoms with Crippen molar-refractivity contribution in [3.05, 3.63) is 11.6 Å². The second-order valence-corrected chi connectivity index (χ2v) is 11.6. The maximum atomic E-state index is 13.0. The molecule has 3 saturated carbocycles. The third kappa shape index (κ3) is 3.56. The lowest BCUT2D eigenvalue weighted by molar-refractivity contribution is -0.255. The van der Waals surface area contributed by atoms with Crippen LogP contribution in [0.1, 0.15) is 91.4 Å². The van der Waals surface area contributed by atoms with E-state index in [1.54, 1.807) is 0 Å². The van der Waals surface area contributed by atoms with Gasteiger partial charge >= 0.3 is 6.18 Å². The Kier molecular flexibility index (Phi) is 5.66. The van der Waals surface area contributed by atoms with Gasteiger partial charge in [-0.1, -0.05) is 25.5 Å². The van der Waals surface area contributed by atoms with Crippen LogP contribution in [0.15, 0.2) is 11.6 Å². The summed E-state index contributed by atoms with van der Waals surface area (Å²) in [5, 5.41) is 19.9. The summed E-state index contributed by atoms with van der Waals surface area (Å²) in [5.74, 6) is 2.49. The van der Waals surface area contributed by atoms with Gasteiger partial charge in [-0.05, 0) is 112 Å². The number of rotatable bonds is 4. The molecule has 0 saturated heterocycles. The molecule has 3 fully saturated rings. The average molecular weight is 429 g/mol. The van der Waals surface area contributed by atoms with E-state index in [1.165, 1.54) is 24.8 Å². The van der Waals surface area contributed by atoms with Gasteiger partial charge in [0.2, 0.25) is 0 Å². The van der Waals surface area contributed by atoms with Gasteiger partial charge in [-0.2, -0.15) is 13.2 Å². The highest BCUT2D eigenvalue weighted by Gasteiger charge is 2.58. The minimum atomic E-state index is -4.55. The summed E-state index contributed by atoms with van der Waals surface area (Å²) in [6.07, 6.45) is 7.35. The molecular formula is C25H39F3O2. The molecule has 0 aromatic rings. The van der Waals surface area contributed by atoms with Gasteiger partial charge in [0.15, 0.2) is 5.60 Å². The van der Waals surface area contributed by atoms with E-state index in [0.29, 0.717) is 30.1 Å². The molecule has 4 rings (SSSR count). The van der Waals surface area contributed by atoms with Gasteiger partial charge in [0.25, 0.3) is 0 Å². The first-order chi connectivity index (χ1) is 13.9. The summed E-state index contributed by atoms with van der Waals surface area (Å²) in [7, 11) is 0. The Labute approximate surface area is 179 Å². The average Bonchev–Trinajstić information content (AvgIpc) is 2.98. The van der Waals surface area contributed by atoms with Crippen LogP contribution in [0, 0.1) is 34.5 Å². The van der Waals surface area contributed by atoms with Crippen molar-refractivity contribution in [1.29, 1.82) is 0 Å². The zero-order valence-electron chi connectivity index (χ0n) is 18.8. The molecule has 0 radical (unpaired) electrons. The minimum absolute atomic E-state index is 0.181. The summed E-state index contributed by atoms with van der Waals surface area (Å²) in [6.45, 7) is 5.74. The smallest absolute Gasteiger partial charge is 0.393 e. The van der Waals surface area contributed by atoms with Crippen LogP contribution in [-0.2, 0) is 0 Å². The van der Waals surface area contributed by atoms with Crippen LogP contribution in [0.25, 0.3) is 0 Å². The maximum Gasteiger partial charge on any atom is 0.416 e.